The van der Waals surface area contributed by atoms with Gasteiger partial charge in [-0.2, -0.15) is 0 Å². The summed E-state index contributed by atoms with van der Waals surface area (Å²) in [6.45, 7) is 7.28. The van der Waals surface area contributed by atoms with Crippen LogP contribution in [0.4, 0.5) is 0 Å². The van der Waals surface area contributed by atoms with Crippen molar-refractivity contribution in [3.8, 4) is 28.7 Å². The minimum absolute atomic E-state index is 0.322. The van der Waals surface area contributed by atoms with Crippen LogP contribution in [-0.4, -0.2) is 31.4 Å². The van der Waals surface area contributed by atoms with Crippen LogP contribution < -0.4 is 18.9 Å². The lowest BCUT2D eigenvalue weighted by Gasteiger charge is -2.33. The normalized spacial score (nSPS) is 16.2. The van der Waals surface area contributed by atoms with E-state index in [0.29, 0.717) is 32.0 Å². The second kappa shape index (κ2) is 13.2. The molecule has 0 spiro atoms. The summed E-state index contributed by atoms with van der Waals surface area (Å²) in [5.41, 5.74) is 1.28. The first-order valence-corrected chi connectivity index (χ1v) is 13.6. The Morgan fingerprint density at radius 2 is 1.66 bits per heavy atom. The van der Waals surface area contributed by atoms with E-state index >= 15 is 0 Å². The molecule has 0 saturated heterocycles. The highest BCUT2D eigenvalue weighted by Gasteiger charge is 2.40. The lowest BCUT2D eigenvalue weighted by Crippen LogP contribution is -2.45. The lowest BCUT2D eigenvalue weighted by molar-refractivity contribution is -0.161. The van der Waals surface area contributed by atoms with Gasteiger partial charge < -0.3 is 23.7 Å². The smallest absolute Gasteiger partial charge is 0.350 e. The van der Waals surface area contributed by atoms with Gasteiger partial charge in [0.2, 0.25) is 5.60 Å². The van der Waals surface area contributed by atoms with E-state index in [9.17, 15) is 4.79 Å². The number of para-hydroxylation sites is 1. The first kappa shape index (κ1) is 27.4. The number of unbranched alkanes of at least 4 members (excludes halogenated alkanes) is 1. The molecule has 6 nitrogen and oxygen atoms in total. The average molecular weight is 519 g/mol. The molecule has 0 aromatic heterocycles. The van der Waals surface area contributed by atoms with Crippen LogP contribution in [0.2, 0.25) is 0 Å². The van der Waals surface area contributed by atoms with Crippen LogP contribution in [0.5, 0.6) is 28.7 Å². The monoisotopic (exact) mass is 518 g/mol. The maximum Gasteiger partial charge on any atom is 0.350 e. The van der Waals surface area contributed by atoms with Crippen molar-refractivity contribution in [2.24, 2.45) is 0 Å². The third-order valence-corrected chi connectivity index (χ3v) is 6.55. The molecule has 1 aliphatic heterocycles. The van der Waals surface area contributed by atoms with Gasteiger partial charge in [-0.3, -0.25) is 0 Å². The zero-order valence-electron chi connectivity index (χ0n) is 22.7. The molecule has 38 heavy (non-hydrogen) atoms. The first-order valence-electron chi connectivity index (χ1n) is 13.6. The van der Waals surface area contributed by atoms with Gasteiger partial charge in [-0.1, -0.05) is 37.6 Å². The molecular formula is C32H38O6. The number of fused-ring (bicyclic) bond motifs is 1. The van der Waals surface area contributed by atoms with Crippen LogP contribution in [-0.2, 0) is 22.4 Å². The van der Waals surface area contributed by atoms with Gasteiger partial charge in [0.05, 0.1) is 19.8 Å². The molecule has 202 valence electrons. The van der Waals surface area contributed by atoms with E-state index in [0.717, 1.165) is 66.2 Å². The van der Waals surface area contributed by atoms with Crippen molar-refractivity contribution in [2.45, 2.75) is 64.9 Å². The maximum atomic E-state index is 12.3. The van der Waals surface area contributed by atoms with E-state index in [1.165, 1.54) is 0 Å². The Hall–Kier alpha value is -3.67. The molecule has 0 amide bonds. The van der Waals surface area contributed by atoms with Gasteiger partial charge >= 0.3 is 5.97 Å². The molecule has 1 heterocycles. The van der Waals surface area contributed by atoms with E-state index in [-0.39, 0.29) is 5.97 Å². The molecule has 0 saturated carbocycles. The first-order chi connectivity index (χ1) is 18.5. The van der Waals surface area contributed by atoms with Gasteiger partial charge in [-0.05, 0) is 87.1 Å². The Kier molecular flexibility index (Phi) is 9.52. The number of ether oxygens (including phenoxy) is 5. The van der Waals surface area contributed by atoms with E-state index in [1.807, 2.05) is 60.7 Å². The Morgan fingerprint density at radius 3 is 2.42 bits per heavy atom. The molecule has 0 bridgehead atoms. The molecule has 0 radical (unpaired) electrons. The number of carbonyl (C=O) groups excluding carboxylic acids is 1. The van der Waals surface area contributed by atoms with Crippen LogP contribution >= 0.6 is 0 Å². The lowest BCUT2D eigenvalue weighted by atomic mass is 9.92. The fourth-order valence-corrected chi connectivity index (χ4v) is 4.45. The molecule has 4 rings (SSSR count). The predicted octanol–water partition coefficient (Wildman–Crippen LogP) is 7.32. The van der Waals surface area contributed by atoms with Crippen molar-refractivity contribution in [3.63, 3.8) is 0 Å². The number of aryl methyl sites for hydroxylation is 2. The molecule has 3 aromatic rings. The molecule has 0 N–H and O–H groups in total. The van der Waals surface area contributed by atoms with Crippen LogP contribution in [0.3, 0.4) is 0 Å². The van der Waals surface area contributed by atoms with Crippen molar-refractivity contribution in [2.75, 3.05) is 19.8 Å². The highest BCUT2D eigenvalue weighted by molar-refractivity contribution is 5.80. The number of esters is 1. The fourth-order valence-electron chi connectivity index (χ4n) is 4.45. The second-order valence-corrected chi connectivity index (χ2v) is 9.66. The van der Waals surface area contributed by atoms with Crippen molar-refractivity contribution < 1.29 is 28.5 Å². The largest absolute Gasteiger partial charge is 0.493 e. The van der Waals surface area contributed by atoms with Gasteiger partial charge in [0, 0.05) is 12.5 Å². The van der Waals surface area contributed by atoms with Gasteiger partial charge in [-0.15, -0.1) is 0 Å². The molecule has 1 unspecified atom stereocenters. The van der Waals surface area contributed by atoms with E-state index in [2.05, 4.69) is 13.0 Å². The number of hydrogen-bond donors (Lipinski definition) is 0. The summed E-state index contributed by atoms with van der Waals surface area (Å²) in [7, 11) is 0. The molecule has 1 aliphatic rings. The van der Waals surface area contributed by atoms with Crippen LogP contribution in [0.25, 0.3) is 0 Å². The molecule has 6 heteroatoms. The standard InChI is InChI=1S/C32H38O6/c1-4-11-25-22-28(37-26-12-7-6-8-13-26)16-17-29(25)36-21-10-9-20-35-27-15-14-24-18-19-32(3,31(33)34-5-2)38-30(24)23-27/h6-8,12-17,22-23H,4-5,9-11,18-21H2,1-3H3. The maximum absolute atomic E-state index is 12.3. The SMILES string of the molecule is CCCc1cc(Oc2ccccc2)ccc1OCCCCOc1ccc2c(c1)OC(C)(C(=O)OCC)CC2. The number of rotatable bonds is 13. The summed E-state index contributed by atoms with van der Waals surface area (Å²) in [6.07, 6.45) is 5.05. The molecule has 0 aliphatic carbocycles. The van der Waals surface area contributed by atoms with Crippen molar-refractivity contribution in [1.82, 2.24) is 0 Å². The molecular weight excluding hydrogens is 480 g/mol. The third-order valence-electron chi connectivity index (χ3n) is 6.55. The van der Waals surface area contributed by atoms with Gasteiger partial charge in [0.1, 0.15) is 28.7 Å². The quantitative estimate of drug-likeness (QED) is 0.175. The van der Waals surface area contributed by atoms with E-state index in [4.69, 9.17) is 23.7 Å². The Labute approximate surface area is 225 Å². The van der Waals surface area contributed by atoms with Gasteiger partial charge in [0.25, 0.3) is 0 Å². The number of carbonyl (C=O) groups is 1. The Morgan fingerprint density at radius 1 is 0.895 bits per heavy atom. The van der Waals surface area contributed by atoms with E-state index < -0.39 is 5.60 Å². The minimum Gasteiger partial charge on any atom is -0.493 e. The van der Waals surface area contributed by atoms with Crippen LogP contribution in [0.1, 0.15) is 57.6 Å². The summed E-state index contributed by atoms with van der Waals surface area (Å²) >= 11 is 0. The molecule has 1 atom stereocenters. The van der Waals surface area contributed by atoms with Crippen molar-refractivity contribution in [3.05, 3.63) is 77.9 Å². The minimum atomic E-state index is -0.957. The van der Waals surface area contributed by atoms with Crippen LogP contribution in [0, 0.1) is 0 Å². The van der Waals surface area contributed by atoms with Crippen LogP contribution in [0.15, 0.2) is 66.7 Å². The number of benzene rings is 3. The average Bonchev–Trinajstić information content (AvgIpc) is 2.92. The zero-order valence-corrected chi connectivity index (χ0v) is 22.7. The summed E-state index contributed by atoms with van der Waals surface area (Å²) in [5.74, 6) is 3.65. The van der Waals surface area contributed by atoms with Gasteiger partial charge in [0.15, 0.2) is 0 Å². The summed E-state index contributed by atoms with van der Waals surface area (Å²) in [4.78, 5) is 12.3. The topological polar surface area (TPSA) is 63.2 Å². The molecule has 0 fully saturated rings. The highest BCUT2D eigenvalue weighted by atomic mass is 16.6. The summed E-state index contributed by atoms with van der Waals surface area (Å²) in [5, 5.41) is 0. The zero-order chi connectivity index (χ0) is 26.8. The molecule has 3 aromatic carbocycles. The Bertz CT molecular complexity index is 1190. The highest BCUT2D eigenvalue weighted by Crippen LogP contribution is 2.36. The second-order valence-electron chi connectivity index (χ2n) is 9.66. The predicted molar refractivity (Wildman–Crippen MR) is 148 cm³/mol. The fraction of sp³-hybridized carbons (Fsp3) is 0.406. The van der Waals surface area contributed by atoms with Gasteiger partial charge in [-0.25, -0.2) is 4.79 Å². The van der Waals surface area contributed by atoms with E-state index in [1.54, 1.807) is 13.8 Å². The Balaban J connectivity index is 1.23. The third kappa shape index (κ3) is 7.21. The van der Waals surface area contributed by atoms with Crippen molar-refractivity contribution in [1.29, 1.82) is 0 Å². The summed E-state index contributed by atoms with van der Waals surface area (Å²) in [6, 6.07) is 21.7. The number of hydrogen-bond acceptors (Lipinski definition) is 6. The van der Waals surface area contributed by atoms with Crippen molar-refractivity contribution >= 4 is 5.97 Å². The summed E-state index contributed by atoms with van der Waals surface area (Å²) < 4.78 is 29.3.